The highest BCUT2D eigenvalue weighted by molar-refractivity contribution is 7.97. The average molecular weight is 222 g/mol. The van der Waals surface area contributed by atoms with Crippen LogP contribution in [0.3, 0.4) is 0 Å². The summed E-state index contributed by atoms with van der Waals surface area (Å²) in [6.45, 7) is -0.106. The van der Waals surface area contributed by atoms with Gasteiger partial charge in [0.1, 0.15) is 12.4 Å². The molecular formula is C12H14O2S. The fourth-order valence-corrected chi connectivity index (χ4v) is 1.78. The predicted molar refractivity (Wildman–Crippen MR) is 64.2 cm³/mol. The van der Waals surface area contributed by atoms with Gasteiger partial charge in [0.05, 0.1) is 7.11 Å². The quantitative estimate of drug-likeness (QED) is 0.792. The Morgan fingerprint density at radius 2 is 2.27 bits per heavy atom. The molecule has 3 heteroatoms. The lowest BCUT2D eigenvalue weighted by Gasteiger charge is -2.05. The van der Waals surface area contributed by atoms with E-state index >= 15 is 0 Å². The van der Waals surface area contributed by atoms with Gasteiger partial charge in [-0.05, 0) is 30.0 Å². The Hall–Kier alpha value is -1.11. The molecule has 0 bridgehead atoms. The molecule has 0 fully saturated rings. The summed E-state index contributed by atoms with van der Waals surface area (Å²) in [4.78, 5) is 0. The van der Waals surface area contributed by atoms with Crippen LogP contribution in [0.1, 0.15) is 11.1 Å². The van der Waals surface area contributed by atoms with E-state index in [1.165, 1.54) is 0 Å². The van der Waals surface area contributed by atoms with E-state index in [0.717, 1.165) is 22.6 Å². The number of aliphatic hydroxyl groups excluding tert-OH is 1. The molecule has 0 amide bonds. The highest BCUT2D eigenvalue weighted by Gasteiger charge is 2.01. The largest absolute Gasteiger partial charge is 0.497 e. The molecule has 1 N–H and O–H groups in total. The number of aliphatic hydroxyl groups is 1. The molecule has 0 aliphatic carbocycles. The van der Waals surface area contributed by atoms with Gasteiger partial charge in [-0.3, -0.25) is 0 Å². The number of ether oxygens (including phenoxy) is 1. The van der Waals surface area contributed by atoms with Gasteiger partial charge in [-0.25, -0.2) is 0 Å². The first kappa shape index (κ1) is 12.0. The van der Waals surface area contributed by atoms with Crippen molar-refractivity contribution < 1.29 is 9.84 Å². The number of hydrogen-bond acceptors (Lipinski definition) is 3. The van der Waals surface area contributed by atoms with E-state index in [1.54, 1.807) is 18.9 Å². The van der Waals surface area contributed by atoms with Gasteiger partial charge in [0, 0.05) is 11.3 Å². The van der Waals surface area contributed by atoms with E-state index in [1.807, 2.05) is 24.5 Å². The Balaban J connectivity index is 3.03. The number of thioether (sulfide) groups is 1. The number of hydrogen-bond donors (Lipinski definition) is 1. The molecule has 0 spiro atoms. The van der Waals surface area contributed by atoms with Gasteiger partial charge in [-0.1, -0.05) is 11.8 Å². The van der Waals surface area contributed by atoms with Crippen LogP contribution in [0.4, 0.5) is 0 Å². The summed E-state index contributed by atoms with van der Waals surface area (Å²) in [5.41, 5.74) is 2.10. The molecule has 80 valence electrons. The molecule has 0 atom stereocenters. The molecule has 0 aliphatic rings. The monoisotopic (exact) mass is 222 g/mol. The second-order valence-electron chi connectivity index (χ2n) is 2.92. The van der Waals surface area contributed by atoms with Gasteiger partial charge in [0.25, 0.3) is 0 Å². The van der Waals surface area contributed by atoms with Gasteiger partial charge in [0.2, 0.25) is 0 Å². The van der Waals surface area contributed by atoms with Gasteiger partial charge >= 0.3 is 0 Å². The minimum atomic E-state index is -0.106. The Labute approximate surface area is 94.7 Å². The smallest absolute Gasteiger partial charge is 0.119 e. The van der Waals surface area contributed by atoms with Crippen molar-refractivity contribution in [2.45, 2.75) is 5.75 Å². The van der Waals surface area contributed by atoms with Crippen molar-refractivity contribution in [2.75, 3.05) is 20.0 Å². The first-order chi connectivity index (χ1) is 7.31. The summed E-state index contributed by atoms with van der Waals surface area (Å²) in [5, 5.41) is 8.65. The van der Waals surface area contributed by atoms with Crippen LogP contribution in [0.5, 0.6) is 5.75 Å². The molecule has 0 aliphatic heterocycles. The Morgan fingerprint density at radius 1 is 1.47 bits per heavy atom. The van der Waals surface area contributed by atoms with Crippen LogP contribution in [-0.2, 0) is 5.75 Å². The number of methoxy groups -OCH3 is 1. The van der Waals surface area contributed by atoms with Crippen LogP contribution in [-0.4, -0.2) is 25.1 Å². The number of benzene rings is 1. The van der Waals surface area contributed by atoms with Crippen molar-refractivity contribution in [1.29, 1.82) is 0 Å². The van der Waals surface area contributed by atoms with Crippen molar-refractivity contribution >= 4 is 11.8 Å². The van der Waals surface area contributed by atoms with Crippen molar-refractivity contribution in [3.63, 3.8) is 0 Å². The van der Waals surface area contributed by atoms with Crippen molar-refractivity contribution in [3.8, 4) is 17.6 Å². The third-order valence-corrected chi connectivity index (χ3v) is 2.51. The molecule has 0 radical (unpaired) electrons. The Bertz CT molecular complexity index is 377. The predicted octanol–water partition coefficient (Wildman–Crippen LogP) is 1.90. The number of rotatable bonds is 3. The first-order valence-corrected chi connectivity index (χ1v) is 5.96. The maximum Gasteiger partial charge on any atom is 0.119 e. The molecule has 1 aromatic carbocycles. The van der Waals surface area contributed by atoms with Crippen LogP contribution >= 0.6 is 11.8 Å². The zero-order chi connectivity index (χ0) is 11.1. The third kappa shape index (κ3) is 3.50. The zero-order valence-corrected chi connectivity index (χ0v) is 9.73. The molecule has 0 heterocycles. The molecule has 0 unspecified atom stereocenters. The zero-order valence-electron chi connectivity index (χ0n) is 8.91. The minimum absolute atomic E-state index is 0.106. The van der Waals surface area contributed by atoms with E-state index in [4.69, 9.17) is 9.84 Å². The van der Waals surface area contributed by atoms with E-state index in [9.17, 15) is 0 Å². The molecule has 1 aromatic rings. The summed E-state index contributed by atoms with van der Waals surface area (Å²) in [6, 6.07) is 5.79. The topological polar surface area (TPSA) is 29.5 Å². The summed E-state index contributed by atoms with van der Waals surface area (Å²) in [7, 11) is 1.65. The fraction of sp³-hybridized carbons (Fsp3) is 0.333. The third-order valence-electron chi connectivity index (χ3n) is 1.91. The van der Waals surface area contributed by atoms with Gasteiger partial charge < -0.3 is 9.84 Å². The molecular weight excluding hydrogens is 208 g/mol. The van der Waals surface area contributed by atoms with E-state index in [0.29, 0.717) is 0 Å². The van der Waals surface area contributed by atoms with Crippen molar-refractivity contribution in [3.05, 3.63) is 29.3 Å². The minimum Gasteiger partial charge on any atom is -0.497 e. The highest BCUT2D eigenvalue weighted by atomic mass is 32.2. The normalized spacial score (nSPS) is 9.27. The second kappa shape index (κ2) is 6.39. The summed E-state index contributed by atoms with van der Waals surface area (Å²) < 4.78 is 5.15. The van der Waals surface area contributed by atoms with Gasteiger partial charge in [-0.2, -0.15) is 11.8 Å². The van der Waals surface area contributed by atoms with E-state index in [-0.39, 0.29) is 6.61 Å². The standard InChI is InChI=1S/C12H14O2S/c1-14-12-6-5-10(4-3-7-13)11(8-12)9-15-2/h5-6,8,13H,7,9H2,1-2H3. The molecule has 2 nitrogen and oxygen atoms in total. The summed E-state index contributed by atoms with van der Waals surface area (Å²) in [5.74, 6) is 7.32. The highest BCUT2D eigenvalue weighted by Crippen LogP contribution is 2.20. The molecule has 1 rings (SSSR count). The summed E-state index contributed by atoms with van der Waals surface area (Å²) in [6.07, 6.45) is 2.04. The van der Waals surface area contributed by atoms with Crippen molar-refractivity contribution in [1.82, 2.24) is 0 Å². The van der Waals surface area contributed by atoms with E-state index in [2.05, 4.69) is 11.8 Å². The molecule has 0 saturated heterocycles. The summed E-state index contributed by atoms with van der Waals surface area (Å²) >= 11 is 1.74. The molecule has 0 saturated carbocycles. The average Bonchev–Trinajstić information content (AvgIpc) is 2.27. The Morgan fingerprint density at radius 3 is 2.87 bits per heavy atom. The maximum atomic E-state index is 8.65. The fourth-order valence-electron chi connectivity index (χ4n) is 1.23. The van der Waals surface area contributed by atoms with Crippen LogP contribution in [0, 0.1) is 11.8 Å². The second-order valence-corrected chi connectivity index (χ2v) is 3.78. The Kier molecular flexibility index (Phi) is 5.09. The molecule has 0 aromatic heterocycles. The molecule has 15 heavy (non-hydrogen) atoms. The maximum absolute atomic E-state index is 8.65. The van der Waals surface area contributed by atoms with Crippen LogP contribution in [0.2, 0.25) is 0 Å². The lowest BCUT2D eigenvalue weighted by molar-refractivity contribution is 0.350. The van der Waals surface area contributed by atoms with Gasteiger partial charge in [-0.15, -0.1) is 0 Å². The van der Waals surface area contributed by atoms with Crippen LogP contribution in [0.15, 0.2) is 18.2 Å². The van der Waals surface area contributed by atoms with Crippen LogP contribution < -0.4 is 4.74 Å². The van der Waals surface area contributed by atoms with Gasteiger partial charge in [0.15, 0.2) is 0 Å². The van der Waals surface area contributed by atoms with Crippen molar-refractivity contribution in [2.24, 2.45) is 0 Å². The SMILES string of the molecule is COc1ccc(C#CCO)c(CSC)c1. The lowest BCUT2D eigenvalue weighted by Crippen LogP contribution is -1.90. The van der Waals surface area contributed by atoms with E-state index < -0.39 is 0 Å². The lowest BCUT2D eigenvalue weighted by atomic mass is 10.1. The van der Waals surface area contributed by atoms with Crippen LogP contribution in [0.25, 0.3) is 0 Å². The first-order valence-electron chi connectivity index (χ1n) is 4.57.